The van der Waals surface area contributed by atoms with Crippen LogP contribution >= 0.6 is 0 Å². The normalized spacial score (nSPS) is 15.2. The fourth-order valence-electron chi connectivity index (χ4n) is 4.39. The number of aromatic amines is 1. The van der Waals surface area contributed by atoms with Crippen LogP contribution in [0.4, 0.5) is 13.2 Å². The summed E-state index contributed by atoms with van der Waals surface area (Å²) in [6, 6.07) is 14.1. The number of carbonyl (C=O) groups excluding carboxylic acids is 1. The molecular weight excluding hydrogens is 445 g/mol. The lowest BCUT2D eigenvalue weighted by atomic mass is 9.95. The van der Waals surface area contributed by atoms with Crippen LogP contribution in [0.15, 0.2) is 65.5 Å². The molecule has 3 aromatic carbocycles. The SMILES string of the molecule is CN(C(=O)c1cccc(-c2cccc(F)c2)c1)C1COCc2[nH]c(=O)c3cc(F)c(F)cc3c21. The number of fused-ring (bicyclic) bond motifs is 3. The number of likely N-dealkylation sites (N-methyl/N-ethyl adjacent to an activating group) is 1. The predicted molar refractivity (Wildman–Crippen MR) is 121 cm³/mol. The number of halogens is 3. The third-order valence-corrected chi connectivity index (χ3v) is 6.10. The van der Waals surface area contributed by atoms with Crippen LogP contribution < -0.4 is 5.56 Å². The summed E-state index contributed by atoms with van der Waals surface area (Å²) in [6.07, 6.45) is 0. The van der Waals surface area contributed by atoms with E-state index in [1.54, 1.807) is 43.4 Å². The number of pyridine rings is 1. The van der Waals surface area contributed by atoms with Gasteiger partial charge in [0.25, 0.3) is 11.5 Å². The maximum Gasteiger partial charge on any atom is 0.256 e. The molecule has 1 aliphatic rings. The van der Waals surface area contributed by atoms with Crippen molar-refractivity contribution in [3.8, 4) is 11.1 Å². The van der Waals surface area contributed by atoms with Gasteiger partial charge in [0.1, 0.15) is 5.82 Å². The van der Waals surface area contributed by atoms with Gasteiger partial charge in [0.15, 0.2) is 11.6 Å². The van der Waals surface area contributed by atoms with Crippen LogP contribution in [0, 0.1) is 17.5 Å². The van der Waals surface area contributed by atoms with Gasteiger partial charge in [-0.1, -0.05) is 24.3 Å². The Bertz CT molecular complexity index is 1500. The van der Waals surface area contributed by atoms with Gasteiger partial charge in [0, 0.05) is 23.9 Å². The summed E-state index contributed by atoms with van der Waals surface area (Å²) < 4.78 is 47.2. The Morgan fingerprint density at radius 1 is 0.971 bits per heavy atom. The molecule has 0 bridgehead atoms. The standard InChI is InChI=1S/C26H19F3N2O3/c1-31(26(33)16-6-2-4-14(8-16)15-5-3-7-17(27)9-15)23-13-34-12-22-24(23)18-10-20(28)21(29)11-19(18)25(32)30-22/h2-11,23H,12-13H2,1H3,(H,30,32). The van der Waals surface area contributed by atoms with Crippen molar-refractivity contribution in [2.75, 3.05) is 13.7 Å². The quantitative estimate of drug-likeness (QED) is 0.467. The zero-order valence-corrected chi connectivity index (χ0v) is 18.1. The van der Waals surface area contributed by atoms with Crippen LogP contribution in [0.2, 0.25) is 0 Å². The fourth-order valence-corrected chi connectivity index (χ4v) is 4.39. The minimum atomic E-state index is -1.12. The molecule has 0 saturated heterocycles. The lowest BCUT2D eigenvalue weighted by molar-refractivity contribution is 0.0335. The number of rotatable bonds is 3. The van der Waals surface area contributed by atoms with E-state index in [4.69, 9.17) is 4.74 Å². The summed E-state index contributed by atoms with van der Waals surface area (Å²) in [7, 11) is 1.58. The highest BCUT2D eigenvalue weighted by Crippen LogP contribution is 2.34. The molecule has 1 aliphatic heterocycles. The highest BCUT2D eigenvalue weighted by atomic mass is 19.2. The molecule has 0 spiro atoms. The summed E-state index contributed by atoms with van der Waals surface area (Å²) in [4.78, 5) is 30.0. The Morgan fingerprint density at radius 2 is 1.65 bits per heavy atom. The fraction of sp³-hybridized carbons (Fsp3) is 0.154. The van der Waals surface area contributed by atoms with Crippen molar-refractivity contribution in [1.82, 2.24) is 9.88 Å². The molecule has 0 fully saturated rings. The van der Waals surface area contributed by atoms with Gasteiger partial charge >= 0.3 is 0 Å². The monoisotopic (exact) mass is 464 g/mol. The first kappa shape index (κ1) is 21.9. The molecule has 4 aromatic rings. The number of ether oxygens (including phenoxy) is 1. The number of aromatic nitrogens is 1. The molecule has 1 N–H and O–H groups in total. The van der Waals surface area contributed by atoms with Gasteiger partial charge in [-0.05, 0) is 52.9 Å². The van der Waals surface area contributed by atoms with Gasteiger partial charge in [-0.15, -0.1) is 0 Å². The predicted octanol–water partition coefficient (Wildman–Crippen LogP) is 4.96. The van der Waals surface area contributed by atoms with Gasteiger partial charge in [0.2, 0.25) is 0 Å². The molecule has 8 heteroatoms. The van der Waals surface area contributed by atoms with E-state index in [2.05, 4.69) is 4.98 Å². The molecule has 1 amide bonds. The number of hydrogen-bond acceptors (Lipinski definition) is 3. The van der Waals surface area contributed by atoms with Gasteiger partial charge < -0.3 is 14.6 Å². The summed E-state index contributed by atoms with van der Waals surface area (Å²) >= 11 is 0. The molecule has 1 atom stereocenters. The first-order valence-electron chi connectivity index (χ1n) is 10.6. The molecule has 2 heterocycles. The molecule has 0 radical (unpaired) electrons. The van der Waals surface area contributed by atoms with E-state index >= 15 is 0 Å². The van der Waals surface area contributed by atoms with Crippen LogP contribution in [-0.4, -0.2) is 29.4 Å². The van der Waals surface area contributed by atoms with Gasteiger partial charge in [-0.3, -0.25) is 9.59 Å². The summed E-state index contributed by atoms with van der Waals surface area (Å²) in [5.74, 6) is -2.93. The molecule has 1 unspecified atom stereocenters. The highest BCUT2D eigenvalue weighted by Gasteiger charge is 2.31. The van der Waals surface area contributed by atoms with E-state index in [1.165, 1.54) is 17.0 Å². The van der Waals surface area contributed by atoms with Gasteiger partial charge in [0.05, 0.1) is 24.6 Å². The first-order valence-corrected chi connectivity index (χ1v) is 10.6. The van der Waals surface area contributed by atoms with Crippen LogP contribution in [-0.2, 0) is 11.3 Å². The van der Waals surface area contributed by atoms with Crippen molar-refractivity contribution >= 4 is 16.7 Å². The topological polar surface area (TPSA) is 62.4 Å². The Kier molecular flexibility index (Phi) is 5.45. The lowest BCUT2D eigenvalue weighted by Crippen LogP contribution is -2.37. The molecule has 34 heavy (non-hydrogen) atoms. The number of nitrogens with zero attached hydrogens (tertiary/aromatic N) is 1. The largest absolute Gasteiger partial charge is 0.373 e. The minimum absolute atomic E-state index is 0.00139. The molecule has 172 valence electrons. The zero-order valence-electron chi connectivity index (χ0n) is 18.1. The van der Waals surface area contributed by atoms with Crippen LogP contribution in [0.5, 0.6) is 0 Å². The molecule has 5 rings (SSSR count). The van der Waals surface area contributed by atoms with E-state index < -0.39 is 23.2 Å². The third kappa shape index (κ3) is 3.76. The number of amides is 1. The van der Waals surface area contributed by atoms with E-state index in [-0.39, 0.29) is 35.7 Å². The van der Waals surface area contributed by atoms with Crippen LogP contribution in [0.3, 0.4) is 0 Å². The Morgan fingerprint density at radius 3 is 2.38 bits per heavy atom. The average Bonchev–Trinajstić information content (AvgIpc) is 2.84. The Hall–Kier alpha value is -3.91. The Labute approximate surface area is 192 Å². The van der Waals surface area contributed by atoms with Crippen LogP contribution in [0.25, 0.3) is 21.9 Å². The van der Waals surface area contributed by atoms with E-state index in [0.717, 1.165) is 12.1 Å². The molecule has 0 saturated carbocycles. The second-order valence-corrected chi connectivity index (χ2v) is 8.20. The van der Waals surface area contributed by atoms with Gasteiger partial charge in [-0.25, -0.2) is 13.2 Å². The van der Waals surface area contributed by atoms with Crippen molar-refractivity contribution < 1.29 is 22.7 Å². The van der Waals surface area contributed by atoms with Crippen molar-refractivity contribution in [3.05, 3.63) is 105 Å². The molecular formula is C26H19F3N2O3. The van der Waals surface area contributed by atoms with Crippen molar-refractivity contribution in [2.45, 2.75) is 12.6 Å². The third-order valence-electron chi connectivity index (χ3n) is 6.10. The molecule has 0 aliphatic carbocycles. The lowest BCUT2D eigenvalue weighted by Gasteiger charge is -2.34. The number of nitrogens with one attached hydrogen (secondary N) is 1. The second kappa shape index (κ2) is 8.46. The summed E-state index contributed by atoms with van der Waals surface area (Å²) in [5.41, 5.74) is 2.02. The zero-order chi connectivity index (χ0) is 24.0. The number of carbonyl (C=O) groups is 1. The van der Waals surface area contributed by atoms with E-state index in [0.29, 0.717) is 27.9 Å². The maximum absolute atomic E-state index is 14.1. The maximum atomic E-state index is 14.1. The number of hydrogen-bond donors (Lipinski definition) is 1. The van der Waals surface area contributed by atoms with Crippen molar-refractivity contribution in [1.29, 1.82) is 0 Å². The van der Waals surface area contributed by atoms with E-state index in [9.17, 15) is 22.8 Å². The van der Waals surface area contributed by atoms with Gasteiger partial charge in [-0.2, -0.15) is 0 Å². The van der Waals surface area contributed by atoms with Crippen LogP contribution in [0.1, 0.15) is 27.7 Å². The number of benzene rings is 3. The summed E-state index contributed by atoms with van der Waals surface area (Å²) in [5, 5.41) is 0.234. The second-order valence-electron chi connectivity index (χ2n) is 8.20. The van der Waals surface area contributed by atoms with Crippen molar-refractivity contribution in [2.24, 2.45) is 0 Å². The highest BCUT2D eigenvalue weighted by molar-refractivity contribution is 5.96. The van der Waals surface area contributed by atoms with E-state index in [1.807, 2.05) is 0 Å². The smallest absolute Gasteiger partial charge is 0.256 e. The average molecular weight is 464 g/mol. The number of H-pyrrole nitrogens is 1. The molecule has 1 aromatic heterocycles. The first-order chi connectivity index (χ1) is 16.3. The molecule has 5 nitrogen and oxygen atoms in total. The Balaban J connectivity index is 1.56. The summed E-state index contributed by atoms with van der Waals surface area (Å²) in [6.45, 7) is 0.187. The minimum Gasteiger partial charge on any atom is -0.373 e. The van der Waals surface area contributed by atoms with Crippen molar-refractivity contribution in [3.63, 3.8) is 0 Å².